The lowest BCUT2D eigenvalue weighted by Crippen LogP contribution is -2.32. The van der Waals surface area contributed by atoms with Crippen molar-refractivity contribution in [3.63, 3.8) is 0 Å². The summed E-state index contributed by atoms with van der Waals surface area (Å²) in [6, 6.07) is 10.9. The first-order chi connectivity index (χ1) is 11.6. The third kappa shape index (κ3) is 3.91. The molecule has 2 heterocycles. The number of hydrogen-bond acceptors (Lipinski definition) is 4. The number of nitrogens with one attached hydrogen (secondary N) is 1. The van der Waals surface area contributed by atoms with Crippen LogP contribution in [0.25, 0.3) is 0 Å². The molecule has 24 heavy (non-hydrogen) atoms. The van der Waals surface area contributed by atoms with E-state index in [0.29, 0.717) is 6.54 Å². The van der Waals surface area contributed by atoms with Crippen molar-refractivity contribution >= 4 is 5.91 Å². The molecule has 2 aromatic rings. The van der Waals surface area contributed by atoms with Gasteiger partial charge in [0, 0.05) is 6.54 Å². The maximum absolute atomic E-state index is 12.6. The third-order valence-electron chi connectivity index (χ3n) is 3.91. The average Bonchev–Trinajstić information content (AvgIpc) is 3.09. The number of alkyl halides is 2. The van der Waals surface area contributed by atoms with Crippen LogP contribution in [-0.2, 0) is 4.74 Å². The smallest absolute Gasteiger partial charge is 0.280 e. The summed E-state index contributed by atoms with van der Waals surface area (Å²) < 4.78 is 31.1. The molecule has 126 valence electrons. The van der Waals surface area contributed by atoms with Crippen LogP contribution in [0.5, 0.6) is 0 Å². The normalized spacial score (nSPS) is 20.3. The lowest BCUT2D eigenvalue weighted by atomic mass is 10.1. The Morgan fingerprint density at radius 2 is 2.04 bits per heavy atom. The van der Waals surface area contributed by atoms with Crippen molar-refractivity contribution in [2.45, 2.75) is 31.5 Å². The molecule has 7 heteroatoms. The summed E-state index contributed by atoms with van der Waals surface area (Å²) in [5.41, 5.74) is 0.581. The molecule has 0 bridgehead atoms. The zero-order valence-electron chi connectivity index (χ0n) is 12.9. The number of carbonyl (C=O) groups is 1. The van der Waals surface area contributed by atoms with E-state index in [1.54, 1.807) is 0 Å². The van der Waals surface area contributed by atoms with Gasteiger partial charge in [-0.1, -0.05) is 30.3 Å². The second-order valence-electron chi connectivity index (χ2n) is 5.57. The van der Waals surface area contributed by atoms with Gasteiger partial charge >= 0.3 is 0 Å². The van der Waals surface area contributed by atoms with Gasteiger partial charge in [0.2, 0.25) is 0 Å². The van der Waals surface area contributed by atoms with Gasteiger partial charge in [-0.05, 0) is 24.5 Å². The Bertz CT molecular complexity index is 697. The molecule has 1 saturated heterocycles. The van der Waals surface area contributed by atoms with E-state index in [1.807, 2.05) is 30.3 Å². The molecular weight excluding hydrogens is 316 g/mol. The van der Waals surface area contributed by atoms with Gasteiger partial charge in [-0.25, -0.2) is 18.7 Å². The zero-order chi connectivity index (χ0) is 16.9. The Balaban J connectivity index is 1.53. The van der Waals surface area contributed by atoms with Gasteiger partial charge in [0.25, 0.3) is 12.3 Å². The van der Waals surface area contributed by atoms with Crippen LogP contribution >= 0.6 is 0 Å². The predicted molar refractivity (Wildman–Crippen MR) is 82.6 cm³/mol. The van der Waals surface area contributed by atoms with E-state index < -0.39 is 18.0 Å². The fourth-order valence-electron chi connectivity index (χ4n) is 2.68. The van der Waals surface area contributed by atoms with Crippen LogP contribution in [0.3, 0.4) is 0 Å². The van der Waals surface area contributed by atoms with Gasteiger partial charge in [0.05, 0.1) is 12.2 Å². The first kappa shape index (κ1) is 16.4. The quantitative estimate of drug-likeness (QED) is 0.913. The van der Waals surface area contributed by atoms with Crippen LogP contribution in [0.4, 0.5) is 8.78 Å². The van der Waals surface area contributed by atoms with E-state index in [2.05, 4.69) is 15.3 Å². The van der Waals surface area contributed by atoms with Crippen molar-refractivity contribution in [2.24, 2.45) is 0 Å². The highest BCUT2D eigenvalue weighted by molar-refractivity contribution is 5.92. The summed E-state index contributed by atoms with van der Waals surface area (Å²) in [6.45, 7) is 0.316. The van der Waals surface area contributed by atoms with Crippen LogP contribution in [0.2, 0.25) is 0 Å². The molecule has 5 nitrogen and oxygen atoms in total. The number of halogens is 2. The number of hydrogen-bond donors (Lipinski definition) is 1. The van der Waals surface area contributed by atoms with E-state index in [4.69, 9.17) is 4.74 Å². The van der Waals surface area contributed by atoms with Crippen molar-refractivity contribution < 1.29 is 18.3 Å². The van der Waals surface area contributed by atoms with Gasteiger partial charge in [-0.2, -0.15) is 0 Å². The van der Waals surface area contributed by atoms with Gasteiger partial charge in [-0.15, -0.1) is 0 Å². The van der Waals surface area contributed by atoms with Crippen molar-refractivity contribution in [3.05, 3.63) is 59.7 Å². The molecule has 0 spiro atoms. The molecule has 0 aliphatic carbocycles. The summed E-state index contributed by atoms with van der Waals surface area (Å²) in [7, 11) is 0. The van der Waals surface area contributed by atoms with E-state index in [0.717, 1.165) is 30.8 Å². The summed E-state index contributed by atoms with van der Waals surface area (Å²) in [5, 5.41) is 2.68. The van der Waals surface area contributed by atoms with Gasteiger partial charge < -0.3 is 10.1 Å². The maximum Gasteiger partial charge on any atom is 0.280 e. The molecule has 1 aliphatic heterocycles. The molecule has 0 unspecified atom stereocenters. The Hall–Kier alpha value is -2.41. The molecule has 1 aliphatic rings. The van der Waals surface area contributed by atoms with Crippen LogP contribution in [0.1, 0.15) is 47.1 Å². The molecule has 1 aromatic heterocycles. The molecule has 1 N–H and O–H groups in total. The Morgan fingerprint density at radius 1 is 1.25 bits per heavy atom. The van der Waals surface area contributed by atoms with Crippen molar-refractivity contribution in [2.75, 3.05) is 6.54 Å². The largest absolute Gasteiger partial charge is 0.368 e. The number of ether oxygens (including phenoxy) is 1. The number of amides is 1. The highest BCUT2D eigenvalue weighted by atomic mass is 19.3. The van der Waals surface area contributed by atoms with Crippen molar-refractivity contribution in [1.29, 1.82) is 0 Å². The lowest BCUT2D eigenvalue weighted by molar-refractivity contribution is 0.0435. The summed E-state index contributed by atoms with van der Waals surface area (Å²) >= 11 is 0. The van der Waals surface area contributed by atoms with Crippen molar-refractivity contribution in [3.8, 4) is 0 Å². The molecule has 3 rings (SSSR count). The molecule has 0 saturated carbocycles. The maximum atomic E-state index is 12.6. The van der Waals surface area contributed by atoms with E-state index in [-0.39, 0.29) is 17.9 Å². The van der Waals surface area contributed by atoms with Crippen LogP contribution < -0.4 is 5.32 Å². The number of aromatic nitrogens is 2. The first-order valence-electron chi connectivity index (χ1n) is 7.72. The van der Waals surface area contributed by atoms with E-state index in [1.165, 1.54) is 0 Å². The highest BCUT2D eigenvalue weighted by Crippen LogP contribution is 2.32. The number of benzene rings is 1. The first-order valence-corrected chi connectivity index (χ1v) is 7.72. The van der Waals surface area contributed by atoms with Crippen LogP contribution in [-0.4, -0.2) is 28.5 Å². The van der Waals surface area contributed by atoms with E-state index >= 15 is 0 Å². The minimum atomic E-state index is -2.73. The lowest BCUT2D eigenvalue weighted by Gasteiger charge is -2.14. The topological polar surface area (TPSA) is 64.1 Å². The van der Waals surface area contributed by atoms with Crippen LogP contribution in [0, 0.1) is 0 Å². The standard InChI is InChI=1S/C17H17F2N3O2/c18-16(19)13-8-14(22-10-21-13)17(23)20-9-12-6-7-15(24-12)11-4-2-1-3-5-11/h1-5,8,10,12,15-16H,6-7,9H2,(H,20,23)/t12-,15-/m1/s1. The summed E-state index contributed by atoms with van der Waals surface area (Å²) in [4.78, 5) is 19.2. The fraction of sp³-hybridized carbons (Fsp3) is 0.353. The second-order valence-corrected chi connectivity index (χ2v) is 5.57. The number of carbonyl (C=O) groups excluding carboxylic acids is 1. The molecule has 1 fully saturated rings. The summed E-state index contributed by atoms with van der Waals surface area (Å²) in [6.07, 6.45) is -0.134. The summed E-state index contributed by atoms with van der Waals surface area (Å²) in [5.74, 6) is -0.508. The zero-order valence-corrected chi connectivity index (χ0v) is 12.9. The predicted octanol–water partition coefficient (Wildman–Crippen LogP) is 3.06. The molecular formula is C17H17F2N3O2. The molecule has 1 amide bonds. The van der Waals surface area contributed by atoms with Gasteiger partial charge in [0.15, 0.2) is 0 Å². The Kier molecular flexibility index (Phi) is 5.10. The molecule has 0 radical (unpaired) electrons. The van der Waals surface area contributed by atoms with Crippen LogP contribution in [0.15, 0.2) is 42.7 Å². The minimum Gasteiger partial charge on any atom is -0.368 e. The average molecular weight is 333 g/mol. The Labute approximate surface area is 138 Å². The minimum absolute atomic E-state index is 0.0255. The highest BCUT2D eigenvalue weighted by Gasteiger charge is 2.26. The van der Waals surface area contributed by atoms with Gasteiger partial charge in [-0.3, -0.25) is 4.79 Å². The molecule has 2 atom stereocenters. The third-order valence-corrected chi connectivity index (χ3v) is 3.91. The number of nitrogens with zero attached hydrogens (tertiary/aromatic N) is 2. The molecule has 1 aromatic carbocycles. The van der Waals surface area contributed by atoms with Crippen molar-refractivity contribution in [1.82, 2.24) is 15.3 Å². The number of rotatable bonds is 5. The van der Waals surface area contributed by atoms with Gasteiger partial charge in [0.1, 0.15) is 17.7 Å². The Morgan fingerprint density at radius 3 is 2.79 bits per heavy atom. The van der Waals surface area contributed by atoms with E-state index in [9.17, 15) is 13.6 Å². The monoisotopic (exact) mass is 333 g/mol. The SMILES string of the molecule is O=C(NC[C@H]1CC[C@H](c2ccccc2)O1)c1cc(C(F)F)ncn1. The fourth-order valence-corrected chi connectivity index (χ4v) is 2.68. The second kappa shape index (κ2) is 7.44.